The van der Waals surface area contributed by atoms with E-state index in [1.54, 1.807) is 18.9 Å². The fourth-order valence-corrected chi connectivity index (χ4v) is 3.81. The summed E-state index contributed by atoms with van der Waals surface area (Å²) in [6.45, 7) is 3.50. The third-order valence-electron chi connectivity index (χ3n) is 4.75. The Kier molecular flexibility index (Phi) is 11.2. The molecule has 0 saturated heterocycles. The van der Waals surface area contributed by atoms with Gasteiger partial charge in [0.15, 0.2) is 0 Å². The third-order valence-corrected chi connectivity index (χ3v) is 5.91. The Hall–Kier alpha value is -3.21. The molecule has 0 spiro atoms. The minimum atomic E-state index is -1.33. The average molecular weight is 496 g/mol. The highest BCUT2D eigenvalue weighted by Gasteiger charge is 2.17. The Bertz CT molecular complexity index is 969. The highest BCUT2D eigenvalue weighted by molar-refractivity contribution is 7.99. The quantitative estimate of drug-likeness (QED) is 0.120. The van der Waals surface area contributed by atoms with Crippen LogP contribution in [0.1, 0.15) is 38.2 Å². The van der Waals surface area contributed by atoms with Crippen LogP contribution < -0.4 is 4.74 Å². The van der Waals surface area contributed by atoms with E-state index >= 15 is 0 Å². The summed E-state index contributed by atoms with van der Waals surface area (Å²) >= 11 is 1.64. The molecule has 0 aliphatic heterocycles. The molecule has 2 atom stereocenters. The van der Waals surface area contributed by atoms with Gasteiger partial charge in [0.2, 0.25) is 6.29 Å². The van der Waals surface area contributed by atoms with Crippen molar-refractivity contribution in [1.29, 1.82) is 0 Å². The normalized spacial score (nSPS) is 12.4. The summed E-state index contributed by atoms with van der Waals surface area (Å²) in [5.41, 5.74) is 0.898. The summed E-state index contributed by atoms with van der Waals surface area (Å²) in [7, 11) is 1.63. The van der Waals surface area contributed by atoms with Gasteiger partial charge in [0.1, 0.15) is 5.75 Å². The molecule has 2 rings (SSSR count). The summed E-state index contributed by atoms with van der Waals surface area (Å²) < 4.78 is 20.0. The number of nitrogens with zero attached hydrogens (tertiary/aromatic N) is 1. The van der Waals surface area contributed by atoms with Crippen molar-refractivity contribution in [3.05, 3.63) is 52.1 Å². The lowest BCUT2D eigenvalue weighted by Crippen LogP contribution is -2.21. The summed E-state index contributed by atoms with van der Waals surface area (Å²) in [6, 6.07) is 11.7. The number of benzene rings is 2. The van der Waals surface area contributed by atoms with E-state index in [0.717, 1.165) is 33.6 Å². The van der Waals surface area contributed by atoms with Crippen LogP contribution in [0.15, 0.2) is 36.4 Å². The molecule has 0 fully saturated rings. The molecule has 10 nitrogen and oxygen atoms in total. The van der Waals surface area contributed by atoms with Crippen LogP contribution in [0.4, 0.5) is 4.79 Å². The molecule has 0 aliphatic carbocycles. The molecule has 0 amide bonds. The number of hydrogen-bond acceptors (Lipinski definition) is 10. The molecule has 34 heavy (non-hydrogen) atoms. The van der Waals surface area contributed by atoms with Crippen molar-refractivity contribution in [1.82, 2.24) is 0 Å². The van der Waals surface area contributed by atoms with Gasteiger partial charge in [-0.3, -0.25) is 9.63 Å². The Labute approximate surface area is 201 Å². The number of ether oxygens (including phenoxy) is 4. The summed E-state index contributed by atoms with van der Waals surface area (Å²) in [6.07, 6.45) is -1.05. The Morgan fingerprint density at radius 3 is 2.32 bits per heavy atom. The number of esters is 1. The number of carbonyl (C=O) groups is 2. The van der Waals surface area contributed by atoms with Gasteiger partial charge in [-0.25, -0.2) is 4.79 Å². The SMILES string of the molecule is COc1ccc2cc(C(C)C(=O)OCCCSCCCOC(=O)OC(C)O[N+](=O)[O-])ccc2c1. The lowest BCUT2D eigenvalue weighted by molar-refractivity contribution is -0.777. The first-order chi connectivity index (χ1) is 16.3. The number of hydrogen-bond donors (Lipinski definition) is 0. The number of rotatable bonds is 14. The van der Waals surface area contributed by atoms with E-state index in [1.165, 1.54) is 6.92 Å². The summed E-state index contributed by atoms with van der Waals surface area (Å²) in [4.78, 5) is 37.9. The molecule has 0 heterocycles. The molecule has 186 valence electrons. The van der Waals surface area contributed by atoms with E-state index in [4.69, 9.17) is 14.2 Å². The Balaban J connectivity index is 1.57. The molecule has 0 bridgehead atoms. The Morgan fingerprint density at radius 2 is 1.65 bits per heavy atom. The van der Waals surface area contributed by atoms with Crippen molar-refractivity contribution in [3.8, 4) is 5.75 Å². The molecule has 2 aromatic rings. The van der Waals surface area contributed by atoms with Gasteiger partial charge < -0.3 is 18.9 Å². The topological polar surface area (TPSA) is 123 Å². The first-order valence-corrected chi connectivity index (χ1v) is 11.9. The Morgan fingerprint density at radius 1 is 1.00 bits per heavy atom. The van der Waals surface area contributed by atoms with Crippen LogP contribution in [0.5, 0.6) is 5.75 Å². The molecule has 0 radical (unpaired) electrons. The maximum Gasteiger partial charge on any atom is 0.510 e. The van der Waals surface area contributed by atoms with Crippen LogP contribution in [0, 0.1) is 10.1 Å². The van der Waals surface area contributed by atoms with Crippen LogP contribution in [-0.2, 0) is 23.8 Å². The molecule has 0 aromatic heterocycles. The van der Waals surface area contributed by atoms with Crippen molar-refractivity contribution < 1.29 is 38.5 Å². The van der Waals surface area contributed by atoms with E-state index in [-0.39, 0.29) is 18.5 Å². The van der Waals surface area contributed by atoms with Crippen molar-refractivity contribution in [3.63, 3.8) is 0 Å². The number of carbonyl (C=O) groups excluding carboxylic acids is 2. The monoisotopic (exact) mass is 495 g/mol. The summed E-state index contributed by atoms with van der Waals surface area (Å²) in [5, 5.41) is 11.1. The number of thioether (sulfide) groups is 1. The summed E-state index contributed by atoms with van der Waals surface area (Å²) in [5.74, 6) is 1.68. The molecule has 0 N–H and O–H groups in total. The predicted octanol–water partition coefficient (Wildman–Crippen LogP) is 4.72. The first kappa shape index (κ1) is 27.0. The lowest BCUT2D eigenvalue weighted by atomic mass is 9.98. The molecule has 0 aliphatic rings. The maximum absolute atomic E-state index is 12.4. The second-order valence-corrected chi connectivity index (χ2v) is 8.52. The van der Waals surface area contributed by atoms with Gasteiger partial charge in [-0.2, -0.15) is 11.8 Å². The largest absolute Gasteiger partial charge is 0.510 e. The maximum atomic E-state index is 12.4. The van der Waals surface area contributed by atoms with E-state index in [9.17, 15) is 19.7 Å². The fourth-order valence-electron chi connectivity index (χ4n) is 2.96. The zero-order valence-corrected chi connectivity index (χ0v) is 20.2. The van der Waals surface area contributed by atoms with Gasteiger partial charge in [0.05, 0.1) is 26.2 Å². The van der Waals surface area contributed by atoms with E-state index in [1.807, 2.05) is 43.3 Å². The third kappa shape index (κ3) is 9.34. The predicted molar refractivity (Wildman–Crippen MR) is 126 cm³/mol. The average Bonchev–Trinajstić information content (AvgIpc) is 2.80. The number of fused-ring (bicyclic) bond motifs is 1. The van der Waals surface area contributed by atoms with Crippen LogP contribution in [0.25, 0.3) is 10.8 Å². The highest BCUT2D eigenvalue weighted by atomic mass is 32.2. The fraction of sp³-hybridized carbons (Fsp3) is 0.478. The smallest absolute Gasteiger partial charge is 0.497 e. The van der Waals surface area contributed by atoms with Crippen molar-refractivity contribution in [2.24, 2.45) is 0 Å². The molecule has 2 aromatic carbocycles. The zero-order valence-electron chi connectivity index (χ0n) is 19.4. The van der Waals surface area contributed by atoms with E-state index < -0.39 is 17.5 Å². The zero-order chi connectivity index (χ0) is 24.9. The van der Waals surface area contributed by atoms with Gasteiger partial charge >= 0.3 is 12.1 Å². The van der Waals surface area contributed by atoms with Gasteiger partial charge in [-0.15, -0.1) is 10.1 Å². The van der Waals surface area contributed by atoms with Crippen LogP contribution >= 0.6 is 11.8 Å². The van der Waals surface area contributed by atoms with Crippen molar-refractivity contribution in [2.75, 3.05) is 31.8 Å². The second-order valence-electron chi connectivity index (χ2n) is 7.29. The molecular formula is C23H29NO9S. The lowest BCUT2D eigenvalue weighted by Gasteiger charge is -2.13. The number of methoxy groups -OCH3 is 1. The molecule has 11 heteroatoms. The standard InChI is InChI=1S/C23H29NO9S/c1-16(18-6-7-20-15-21(29-3)9-8-19(20)14-18)22(25)30-10-4-12-34-13-5-11-31-23(26)32-17(2)33-24(27)28/h6-9,14-17H,4-5,10-13H2,1-3H3. The van der Waals surface area contributed by atoms with Gasteiger partial charge in [-0.1, -0.05) is 24.3 Å². The van der Waals surface area contributed by atoms with Gasteiger partial charge in [-0.05, 0) is 66.7 Å². The minimum absolute atomic E-state index is 0.127. The van der Waals surface area contributed by atoms with Crippen LogP contribution in [-0.4, -0.2) is 55.3 Å². The van der Waals surface area contributed by atoms with Crippen LogP contribution in [0.2, 0.25) is 0 Å². The molecule has 2 unspecified atom stereocenters. The van der Waals surface area contributed by atoms with Crippen molar-refractivity contribution >= 4 is 34.7 Å². The molecule has 0 saturated carbocycles. The van der Waals surface area contributed by atoms with Gasteiger partial charge in [0.25, 0.3) is 5.09 Å². The molecular weight excluding hydrogens is 466 g/mol. The first-order valence-electron chi connectivity index (χ1n) is 10.8. The second kappa shape index (κ2) is 14.1. The van der Waals surface area contributed by atoms with E-state index in [2.05, 4.69) is 9.57 Å². The highest BCUT2D eigenvalue weighted by Crippen LogP contribution is 2.25. The van der Waals surface area contributed by atoms with Crippen molar-refractivity contribution in [2.45, 2.75) is 38.9 Å². The van der Waals surface area contributed by atoms with Crippen LogP contribution in [0.3, 0.4) is 0 Å². The minimum Gasteiger partial charge on any atom is -0.497 e. The van der Waals surface area contributed by atoms with E-state index in [0.29, 0.717) is 19.4 Å². The van der Waals surface area contributed by atoms with Gasteiger partial charge in [0, 0.05) is 0 Å².